The number of halogens is 3. The average molecular weight is 336 g/mol. The molecule has 0 amide bonds. The standard InChI is InChI=1S/C9H5Br2FN2O/c10-4-1-2-6(12)5(3-4)8-7(11)9(13)14-15-8/h1-3H,(H2,13,14). The molecule has 0 aliphatic carbocycles. The van der Waals surface area contributed by atoms with Gasteiger partial charge >= 0.3 is 0 Å². The molecule has 0 aliphatic heterocycles. The topological polar surface area (TPSA) is 52.0 Å². The summed E-state index contributed by atoms with van der Waals surface area (Å²) in [6.45, 7) is 0. The molecule has 0 atom stereocenters. The molecule has 0 aliphatic rings. The molecule has 0 saturated carbocycles. The minimum absolute atomic E-state index is 0.198. The molecule has 0 radical (unpaired) electrons. The van der Waals surface area contributed by atoms with Gasteiger partial charge in [0.25, 0.3) is 0 Å². The number of anilines is 1. The number of nitrogens with zero attached hydrogens (tertiary/aromatic N) is 1. The first-order valence-electron chi connectivity index (χ1n) is 3.95. The summed E-state index contributed by atoms with van der Waals surface area (Å²) in [4.78, 5) is 0. The first-order valence-corrected chi connectivity index (χ1v) is 5.54. The Morgan fingerprint density at radius 3 is 2.67 bits per heavy atom. The van der Waals surface area contributed by atoms with Gasteiger partial charge in [0, 0.05) is 4.47 Å². The molecule has 0 spiro atoms. The molecule has 0 saturated heterocycles. The summed E-state index contributed by atoms with van der Waals surface area (Å²) in [6, 6.07) is 4.54. The molecule has 0 fully saturated rings. The number of benzene rings is 1. The molecule has 6 heteroatoms. The summed E-state index contributed by atoms with van der Waals surface area (Å²) in [7, 11) is 0. The fourth-order valence-electron chi connectivity index (χ4n) is 1.13. The lowest BCUT2D eigenvalue weighted by Gasteiger charge is -1.99. The Morgan fingerprint density at radius 2 is 2.07 bits per heavy atom. The monoisotopic (exact) mass is 334 g/mol. The van der Waals surface area contributed by atoms with Gasteiger partial charge in [-0.3, -0.25) is 0 Å². The zero-order valence-electron chi connectivity index (χ0n) is 7.30. The second-order valence-electron chi connectivity index (χ2n) is 2.84. The third-order valence-corrected chi connectivity index (χ3v) is 3.09. The van der Waals surface area contributed by atoms with Crippen molar-refractivity contribution in [1.82, 2.24) is 5.16 Å². The van der Waals surface area contributed by atoms with Crippen LogP contribution in [-0.4, -0.2) is 5.16 Å². The second-order valence-corrected chi connectivity index (χ2v) is 4.54. The Morgan fingerprint density at radius 1 is 1.33 bits per heavy atom. The van der Waals surface area contributed by atoms with E-state index >= 15 is 0 Å². The number of aromatic nitrogens is 1. The summed E-state index contributed by atoms with van der Waals surface area (Å²) in [5, 5.41) is 3.54. The highest BCUT2D eigenvalue weighted by Crippen LogP contribution is 2.35. The Labute approximate surface area is 102 Å². The minimum Gasteiger partial charge on any atom is -0.380 e. The van der Waals surface area contributed by atoms with Gasteiger partial charge in [0.1, 0.15) is 10.3 Å². The van der Waals surface area contributed by atoms with Crippen molar-refractivity contribution in [3.8, 4) is 11.3 Å². The Balaban J connectivity index is 2.63. The van der Waals surface area contributed by atoms with Crippen molar-refractivity contribution in [1.29, 1.82) is 0 Å². The zero-order chi connectivity index (χ0) is 11.0. The molecule has 1 heterocycles. The van der Waals surface area contributed by atoms with Crippen LogP contribution in [-0.2, 0) is 0 Å². The Kier molecular flexibility index (Phi) is 2.79. The number of nitrogens with two attached hydrogens (primary N) is 1. The van der Waals surface area contributed by atoms with Crippen LogP contribution in [0.25, 0.3) is 11.3 Å². The van der Waals surface area contributed by atoms with Crippen LogP contribution in [0.3, 0.4) is 0 Å². The zero-order valence-corrected chi connectivity index (χ0v) is 10.5. The van der Waals surface area contributed by atoms with Gasteiger partial charge in [0.2, 0.25) is 0 Å². The van der Waals surface area contributed by atoms with Gasteiger partial charge in [-0.15, -0.1) is 0 Å². The van der Waals surface area contributed by atoms with Crippen molar-refractivity contribution in [3.63, 3.8) is 0 Å². The smallest absolute Gasteiger partial charge is 0.186 e. The maximum atomic E-state index is 13.5. The average Bonchev–Trinajstić information content (AvgIpc) is 2.52. The molecule has 1 aromatic heterocycles. The largest absolute Gasteiger partial charge is 0.380 e. The van der Waals surface area contributed by atoms with Gasteiger partial charge in [-0.25, -0.2) is 4.39 Å². The first-order chi connectivity index (χ1) is 7.09. The highest BCUT2D eigenvalue weighted by atomic mass is 79.9. The van der Waals surface area contributed by atoms with E-state index in [1.54, 1.807) is 12.1 Å². The Bertz CT molecular complexity index is 513. The lowest BCUT2D eigenvalue weighted by Crippen LogP contribution is -1.85. The normalized spacial score (nSPS) is 10.6. The Hall–Kier alpha value is -0.880. The molecule has 3 nitrogen and oxygen atoms in total. The highest BCUT2D eigenvalue weighted by Gasteiger charge is 2.16. The van der Waals surface area contributed by atoms with Crippen LogP contribution in [0, 0.1) is 5.82 Å². The van der Waals surface area contributed by atoms with Crippen LogP contribution in [0.2, 0.25) is 0 Å². The minimum atomic E-state index is -0.393. The van der Waals surface area contributed by atoms with E-state index in [-0.39, 0.29) is 11.6 Å². The fraction of sp³-hybridized carbons (Fsp3) is 0. The SMILES string of the molecule is Nc1noc(-c2cc(Br)ccc2F)c1Br. The van der Waals surface area contributed by atoms with E-state index in [2.05, 4.69) is 37.0 Å². The van der Waals surface area contributed by atoms with Crippen LogP contribution in [0.4, 0.5) is 10.2 Å². The van der Waals surface area contributed by atoms with Crippen molar-refractivity contribution >= 4 is 37.7 Å². The van der Waals surface area contributed by atoms with Crippen molar-refractivity contribution in [2.24, 2.45) is 0 Å². The van der Waals surface area contributed by atoms with Crippen molar-refractivity contribution in [3.05, 3.63) is 33.0 Å². The van der Waals surface area contributed by atoms with Gasteiger partial charge in [-0.05, 0) is 34.1 Å². The lowest BCUT2D eigenvalue weighted by molar-refractivity contribution is 0.433. The molecule has 2 rings (SSSR count). The van der Waals surface area contributed by atoms with Gasteiger partial charge in [-0.1, -0.05) is 21.1 Å². The first kappa shape index (κ1) is 10.6. The van der Waals surface area contributed by atoms with E-state index < -0.39 is 5.82 Å². The molecule has 15 heavy (non-hydrogen) atoms. The summed E-state index contributed by atoms with van der Waals surface area (Å²) >= 11 is 6.43. The maximum Gasteiger partial charge on any atom is 0.186 e. The number of hydrogen-bond donors (Lipinski definition) is 1. The third-order valence-electron chi connectivity index (χ3n) is 1.83. The predicted octanol–water partition coefficient (Wildman–Crippen LogP) is 3.59. The van der Waals surface area contributed by atoms with E-state index in [9.17, 15) is 4.39 Å². The molecule has 1 aromatic carbocycles. The number of hydrogen-bond acceptors (Lipinski definition) is 3. The summed E-state index contributed by atoms with van der Waals surface area (Å²) < 4.78 is 19.6. The maximum absolute atomic E-state index is 13.5. The lowest BCUT2D eigenvalue weighted by atomic mass is 10.1. The van der Waals surface area contributed by atoms with Crippen molar-refractivity contribution in [2.75, 3.05) is 5.73 Å². The summed E-state index contributed by atoms with van der Waals surface area (Å²) in [5.41, 5.74) is 5.79. The molecular formula is C9H5Br2FN2O. The molecule has 0 unspecified atom stereocenters. The number of nitrogen functional groups attached to an aromatic ring is 1. The van der Waals surface area contributed by atoms with Gasteiger partial charge < -0.3 is 10.3 Å². The van der Waals surface area contributed by atoms with Crippen LogP contribution >= 0.6 is 31.9 Å². The van der Waals surface area contributed by atoms with Crippen molar-refractivity contribution in [2.45, 2.75) is 0 Å². The summed E-state index contributed by atoms with van der Waals surface area (Å²) in [5.74, 6) is 0.0886. The number of rotatable bonds is 1. The van der Waals surface area contributed by atoms with Crippen LogP contribution in [0.15, 0.2) is 31.7 Å². The van der Waals surface area contributed by atoms with Crippen LogP contribution < -0.4 is 5.73 Å². The van der Waals surface area contributed by atoms with E-state index in [0.717, 1.165) is 4.47 Å². The van der Waals surface area contributed by atoms with E-state index in [1.165, 1.54) is 6.07 Å². The molecule has 0 bridgehead atoms. The molecule has 2 N–H and O–H groups in total. The molecule has 78 valence electrons. The predicted molar refractivity (Wildman–Crippen MR) is 61.7 cm³/mol. The van der Waals surface area contributed by atoms with Crippen LogP contribution in [0.1, 0.15) is 0 Å². The van der Waals surface area contributed by atoms with Crippen LogP contribution in [0.5, 0.6) is 0 Å². The van der Waals surface area contributed by atoms with E-state index in [4.69, 9.17) is 10.3 Å². The third kappa shape index (κ3) is 1.91. The van der Waals surface area contributed by atoms with E-state index in [0.29, 0.717) is 10.0 Å². The fourth-order valence-corrected chi connectivity index (χ4v) is 1.85. The quantitative estimate of drug-likeness (QED) is 0.866. The van der Waals surface area contributed by atoms with E-state index in [1.807, 2.05) is 0 Å². The second kappa shape index (κ2) is 3.94. The summed E-state index contributed by atoms with van der Waals surface area (Å²) in [6.07, 6.45) is 0. The van der Waals surface area contributed by atoms with Gasteiger partial charge in [-0.2, -0.15) is 0 Å². The highest BCUT2D eigenvalue weighted by molar-refractivity contribution is 9.11. The molecular weight excluding hydrogens is 331 g/mol. The van der Waals surface area contributed by atoms with Gasteiger partial charge in [0.15, 0.2) is 11.6 Å². The van der Waals surface area contributed by atoms with Crippen molar-refractivity contribution < 1.29 is 8.91 Å². The van der Waals surface area contributed by atoms with Gasteiger partial charge in [0.05, 0.1) is 5.56 Å². The molecule has 2 aromatic rings.